The molecular weight excluding hydrogens is 304 g/mol. The fourth-order valence-electron chi connectivity index (χ4n) is 0.885. The van der Waals surface area contributed by atoms with Gasteiger partial charge in [0.05, 0.1) is 15.8 Å². The van der Waals surface area contributed by atoms with E-state index < -0.39 is 9.84 Å². The lowest BCUT2D eigenvalue weighted by Crippen LogP contribution is -2.06. The van der Waals surface area contributed by atoms with Crippen LogP contribution in [0.25, 0.3) is 0 Å². The minimum absolute atomic E-state index is 0.150. The first kappa shape index (κ1) is 13.3. The fourth-order valence-corrected chi connectivity index (χ4v) is 3.45. The second kappa shape index (κ2) is 4.63. The summed E-state index contributed by atoms with van der Waals surface area (Å²) < 4.78 is 23.3. The van der Waals surface area contributed by atoms with Gasteiger partial charge in [0.15, 0.2) is 20.1 Å². The van der Waals surface area contributed by atoms with Crippen molar-refractivity contribution in [3.8, 4) is 0 Å². The van der Waals surface area contributed by atoms with Gasteiger partial charge in [0.25, 0.3) is 0 Å². The monoisotopic (exact) mass is 307 g/mol. The number of nitrogens with zero attached hydrogens (tertiary/aromatic N) is 1. The standard InChI is InChI=1S/C7H5Cl4NO2S/c1-2-15(13,14)5-3(8)6(10)12-7(11)4(5)9/h2H2,1H3. The van der Waals surface area contributed by atoms with E-state index in [1.54, 1.807) is 0 Å². The predicted octanol–water partition coefficient (Wildman–Crippen LogP) is 3.49. The van der Waals surface area contributed by atoms with E-state index in [1.807, 2.05) is 0 Å². The highest BCUT2D eigenvalue weighted by atomic mass is 35.5. The molecule has 0 aliphatic heterocycles. The fraction of sp³-hybridized carbons (Fsp3) is 0.286. The van der Waals surface area contributed by atoms with Crippen molar-refractivity contribution in [3.05, 3.63) is 20.4 Å². The van der Waals surface area contributed by atoms with Gasteiger partial charge in [-0.25, -0.2) is 13.4 Å². The Kier molecular flexibility index (Phi) is 4.12. The SMILES string of the molecule is CCS(=O)(=O)c1c(Cl)c(Cl)nc(Cl)c1Cl. The summed E-state index contributed by atoms with van der Waals surface area (Å²) in [5.74, 6) is -0.150. The Hall–Kier alpha value is 0.260. The van der Waals surface area contributed by atoms with Crippen molar-refractivity contribution in [1.82, 2.24) is 4.98 Å². The van der Waals surface area contributed by atoms with Gasteiger partial charge in [-0.2, -0.15) is 0 Å². The van der Waals surface area contributed by atoms with Crippen LogP contribution in [0.5, 0.6) is 0 Å². The molecule has 0 spiro atoms. The van der Waals surface area contributed by atoms with Crippen LogP contribution in [0.15, 0.2) is 4.90 Å². The zero-order chi connectivity index (χ0) is 11.8. The van der Waals surface area contributed by atoms with Crippen LogP contribution in [0.3, 0.4) is 0 Å². The highest BCUT2D eigenvalue weighted by molar-refractivity contribution is 7.91. The summed E-state index contributed by atoms with van der Waals surface area (Å²) in [6.07, 6.45) is 0. The third-order valence-electron chi connectivity index (χ3n) is 1.65. The third-order valence-corrected chi connectivity index (χ3v) is 5.14. The number of halogens is 4. The summed E-state index contributed by atoms with van der Waals surface area (Å²) in [5, 5.41) is -0.767. The molecule has 0 radical (unpaired) electrons. The Morgan fingerprint density at radius 1 is 1.07 bits per heavy atom. The summed E-state index contributed by atoms with van der Waals surface area (Å²) in [4.78, 5) is 3.32. The molecule has 84 valence electrons. The zero-order valence-electron chi connectivity index (χ0n) is 7.39. The molecule has 0 aliphatic rings. The molecule has 0 fully saturated rings. The van der Waals surface area contributed by atoms with Crippen molar-refractivity contribution in [2.75, 3.05) is 5.75 Å². The first-order chi connectivity index (χ1) is 6.81. The Morgan fingerprint density at radius 2 is 1.47 bits per heavy atom. The van der Waals surface area contributed by atoms with Crippen molar-refractivity contribution in [1.29, 1.82) is 0 Å². The maximum atomic E-state index is 11.6. The molecule has 0 amide bonds. The van der Waals surface area contributed by atoms with Crippen LogP contribution in [-0.2, 0) is 9.84 Å². The lowest BCUT2D eigenvalue weighted by molar-refractivity contribution is 0.597. The van der Waals surface area contributed by atoms with E-state index in [-0.39, 0.29) is 31.0 Å². The second-order valence-corrected chi connectivity index (χ2v) is 6.24. The number of rotatable bonds is 2. The number of pyridine rings is 1. The Labute approximate surface area is 107 Å². The Balaban J connectivity index is 3.68. The first-order valence-electron chi connectivity index (χ1n) is 3.74. The number of hydrogen-bond acceptors (Lipinski definition) is 3. The quantitative estimate of drug-likeness (QED) is 0.786. The van der Waals surface area contributed by atoms with Crippen LogP contribution in [-0.4, -0.2) is 19.2 Å². The molecule has 0 unspecified atom stereocenters. The molecule has 3 nitrogen and oxygen atoms in total. The van der Waals surface area contributed by atoms with Crippen molar-refractivity contribution < 1.29 is 8.42 Å². The zero-order valence-corrected chi connectivity index (χ0v) is 11.2. The van der Waals surface area contributed by atoms with Crippen LogP contribution in [0.4, 0.5) is 0 Å². The van der Waals surface area contributed by atoms with Gasteiger partial charge in [0.2, 0.25) is 0 Å². The minimum atomic E-state index is -3.58. The van der Waals surface area contributed by atoms with Crippen molar-refractivity contribution in [2.45, 2.75) is 11.8 Å². The lowest BCUT2D eigenvalue weighted by Gasteiger charge is -2.08. The highest BCUT2D eigenvalue weighted by Crippen LogP contribution is 2.37. The highest BCUT2D eigenvalue weighted by Gasteiger charge is 2.25. The second-order valence-electron chi connectivity index (χ2n) is 2.55. The minimum Gasteiger partial charge on any atom is -0.224 e. The normalized spacial score (nSPS) is 11.8. The molecule has 1 aromatic rings. The topological polar surface area (TPSA) is 47.0 Å². The van der Waals surface area contributed by atoms with E-state index in [4.69, 9.17) is 46.4 Å². The van der Waals surface area contributed by atoms with Crippen LogP contribution < -0.4 is 0 Å². The Morgan fingerprint density at radius 3 is 1.80 bits per heavy atom. The molecule has 8 heteroatoms. The largest absolute Gasteiger partial charge is 0.224 e. The van der Waals surface area contributed by atoms with Crippen molar-refractivity contribution in [2.24, 2.45) is 0 Å². The predicted molar refractivity (Wildman–Crippen MR) is 62.0 cm³/mol. The van der Waals surface area contributed by atoms with Crippen LogP contribution in [0.1, 0.15) is 6.92 Å². The van der Waals surface area contributed by atoms with E-state index >= 15 is 0 Å². The van der Waals surface area contributed by atoms with E-state index in [2.05, 4.69) is 4.98 Å². The average Bonchev–Trinajstić information content (AvgIpc) is 2.15. The number of aromatic nitrogens is 1. The van der Waals surface area contributed by atoms with Gasteiger partial charge in [-0.3, -0.25) is 0 Å². The number of sulfone groups is 1. The summed E-state index contributed by atoms with van der Waals surface area (Å²) >= 11 is 22.6. The maximum Gasteiger partial charge on any atom is 0.181 e. The molecule has 0 saturated carbocycles. The maximum absolute atomic E-state index is 11.6. The number of hydrogen-bond donors (Lipinski definition) is 0. The molecule has 0 saturated heterocycles. The van der Waals surface area contributed by atoms with Gasteiger partial charge in [0, 0.05) is 0 Å². The Bertz CT molecular complexity index is 474. The third kappa shape index (κ3) is 2.50. The van der Waals surface area contributed by atoms with Gasteiger partial charge in [-0.05, 0) is 0 Å². The van der Waals surface area contributed by atoms with E-state index in [0.29, 0.717) is 0 Å². The van der Waals surface area contributed by atoms with Crippen LogP contribution in [0, 0.1) is 0 Å². The molecule has 0 aliphatic carbocycles. The van der Waals surface area contributed by atoms with E-state index in [9.17, 15) is 8.42 Å². The summed E-state index contributed by atoms with van der Waals surface area (Å²) in [7, 11) is -3.58. The molecule has 0 aromatic carbocycles. The van der Waals surface area contributed by atoms with Gasteiger partial charge in [-0.1, -0.05) is 53.3 Å². The van der Waals surface area contributed by atoms with Gasteiger partial charge in [0.1, 0.15) is 4.90 Å². The smallest absolute Gasteiger partial charge is 0.181 e. The summed E-state index contributed by atoms with van der Waals surface area (Å²) in [5.41, 5.74) is 0. The molecule has 1 rings (SSSR count). The first-order valence-corrected chi connectivity index (χ1v) is 6.90. The molecule has 1 heterocycles. The van der Waals surface area contributed by atoms with Crippen molar-refractivity contribution in [3.63, 3.8) is 0 Å². The van der Waals surface area contributed by atoms with Crippen molar-refractivity contribution >= 4 is 56.2 Å². The molecule has 1 aromatic heterocycles. The molecular formula is C7H5Cl4NO2S. The average molecular weight is 309 g/mol. The van der Waals surface area contributed by atoms with Gasteiger partial charge >= 0.3 is 0 Å². The van der Waals surface area contributed by atoms with Gasteiger partial charge in [-0.15, -0.1) is 0 Å². The molecule has 0 bridgehead atoms. The van der Waals surface area contributed by atoms with Crippen LogP contribution >= 0.6 is 46.4 Å². The summed E-state index contributed by atoms with van der Waals surface area (Å²) in [6, 6.07) is 0. The molecule has 0 atom stereocenters. The van der Waals surface area contributed by atoms with E-state index in [1.165, 1.54) is 6.92 Å². The van der Waals surface area contributed by atoms with Crippen LogP contribution in [0.2, 0.25) is 20.4 Å². The van der Waals surface area contributed by atoms with E-state index in [0.717, 1.165) is 0 Å². The lowest BCUT2D eigenvalue weighted by atomic mass is 10.5. The summed E-state index contributed by atoms with van der Waals surface area (Å²) in [6.45, 7) is 1.46. The molecule has 15 heavy (non-hydrogen) atoms. The van der Waals surface area contributed by atoms with Gasteiger partial charge < -0.3 is 0 Å². The molecule has 0 N–H and O–H groups in total.